The molecule has 0 spiro atoms. The van der Waals surface area contributed by atoms with E-state index in [4.69, 9.17) is 4.42 Å². The molecule has 2 aliphatic heterocycles. The summed E-state index contributed by atoms with van der Waals surface area (Å²) < 4.78 is 5.95. The van der Waals surface area contributed by atoms with E-state index in [0.29, 0.717) is 13.1 Å². The van der Waals surface area contributed by atoms with Crippen LogP contribution in [-0.2, 0) is 9.59 Å². The Hall–Kier alpha value is -2.38. The first-order chi connectivity index (χ1) is 15.0. The van der Waals surface area contributed by atoms with Crippen molar-refractivity contribution in [1.29, 1.82) is 0 Å². The number of carbonyl (C=O) groups excluding carboxylic acids is 2. The molecule has 2 aromatic rings. The molecule has 1 aromatic heterocycles. The summed E-state index contributed by atoms with van der Waals surface area (Å²) in [6.45, 7) is 8.15. The fourth-order valence-corrected chi connectivity index (χ4v) is 4.52. The van der Waals surface area contributed by atoms with Crippen LogP contribution in [0.2, 0.25) is 0 Å². The number of amides is 2. The van der Waals surface area contributed by atoms with E-state index in [2.05, 4.69) is 9.80 Å². The third kappa shape index (κ3) is 5.28. The first kappa shape index (κ1) is 21.8. The van der Waals surface area contributed by atoms with Gasteiger partial charge in [-0.1, -0.05) is 18.2 Å². The highest BCUT2D eigenvalue weighted by Gasteiger charge is 2.25. The molecule has 0 radical (unpaired) electrons. The van der Waals surface area contributed by atoms with Crippen molar-refractivity contribution in [1.82, 2.24) is 19.6 Å². The highest BCUT2D eigenvalue weighted by Crippen LogP contribution is 2.26. The molecule has 7 heteroatoms. The fourth-order valence-electron chi connectivity index (χ4n) is 4.52. The third-order valence-corrected chi connectivity index (χ3v) is 6.69. The minimum absolute atomic E-state index is 0.0922. The summed E-state index contributed by atoms with van der Waals surface area (Å²) in [5.74, 6) is 1.15. The zero-order chi connectivity index (χ0) is 21.8. The Morgan fingerprint density at radius 2 is 1.65 bits per heavy atom. The lowest BCUT2D eigenvalue weighted by Gasteiger charge is -2.27. The summed E-state index contributed by atoms with van der Waals surface area (Å²) >= 11 is 0. The quantitative estimate of drug-likeness (QED) is 0.711. The second kappa shape index (κ2) is 9.83. The summed E-state index contributed by atoms with van der Waals surface area (Å²) in [7, 11) is 1.85. The normalized spacial score (nSPS) is 19.5. The molecule has 0 saturated carbocycles. The Labute approximate surface area is 184 Å². The summed E-state index contributed by atoms with van der Waals surface area (Å²) in [5.41, 5.74) is 0.848. The largest absolute Gasteiger partial charge is 0.459 e. The average molecular weight is 427 g/mol. The topological polar surface area (TPSA) is 60.2 Å². The van der Waals surface area contributed by atoms with Crippen LogP contribution in [0.25, 0.3) is 11.0 Å². The highest BCUT2D eigenvalue weighted by atomic mass is 16.3. The van der Waals surface area contributed by atoms with E-state index in [9.17, 15) is 9.59 Å². The highest BCUT2D eigenvalue weighted by molar-refractivity contribution is 5.80. The van der Waals surface area contributed by atoms with Gasteiger partial charge in [-0.15, -0.1) is 0 Å². The van der Waals surface area contributed by atoms with Crippen molar-refractivity contribution in [2.45, 2.75) is 32.2 Å². The second-order valence-corrected chi connectivity index (χ2v) is 8.86. The third-order valence-electron chi connectivity index (χ3n) is 6.69. The Balaban J connectivity index is 1.28. The van der Waals surface area contributed by atoms with E-state index < -0.39 is 0 Å². The molecule has 0 N–H and O–H groups in total. The number of fused-ring (bicyclic) bond motifs is 1. The minimum Gasteiger partial charge on any atom is -0.459 e. The molecule has 2 saturated heterocycles. The van der Waals surface area contributed by atoms with Crippen LogP contribution in [0.15, 0.2) is 34.7 Å². The van der Waals surface area contributed by atoms with Crippen LogP contribution < -0.4 is 0 Å². The fraction of sp³-hybridized carbons (Fsp3) is 0.583. The number of likely N-dealkylation sites (tertiary alicyclic amines) is 1. The van der Waals surface area contributed by atoms with Crippen molar-refractivity contribution in [2.24, 2.45) is 0 Å². The molecular weight excluding hydrogens is 392 g/mol. The Morgan fingerprint density at radius 3 is 2.35 bits per heavy atom. The lowest BCUT2D eigenvalue weighted by molar-refractivity contribution is -0.133. The van der Waals surface area contributed by atoms with Crippen molar-refractivity contribution < 1.29 is 14.0 Å². The first-order valence-electron chi connectivity index (χ1n) is 11.5. The van der Waals surface area contributed by atoms with Gasteiger partial charge in [0.05, 0.1) is 19.1 Å². The van der Waals surface area contributed by atoms with Crippen LogP contribution >= 0.6 is 0 Å². The lowest BCUT2D eigenvalue weighted by Crippen LogP contribution is -2.42. The monoisotopic (exact) mass is 426 g/mol. The molecule has 0 bridgehead atoms. The molecule has 4 rings (SSSR count). The maximum absolute atomic E-state index is 13.0. The molecular formula is C24H34N4O3. The van der Waals surface area contributed by atoms with E-state index in [0.717, 1.165) is 75.3 Å². The van der Waals surface area contributed by atoms with Crippen LogP contribution in [-0.4, -0.2) is 90.8 Å². The van der Waals surface area contributed by atoms with Gasteiger partial charge >= 0.3 is 0 Å². The maximum Gasteiger partial charge on any atom is 0.237 e. The first-order valence-corrected chi connectivity index (χ1v) is 11.5. The number of hydrogen-bond donors (Lipinski definition) is 0. The summed E-state index contributed by atoms with van der Waals surface area (Å²) in [6, 6.07) is 9.81. The Kier molecular flexibility index (Phi) is 6.92. The van der Waals surface area contributed by atoms with Gasteiger partial charge in [0.1, 0.15) is 11.3 Å². The number of rotatable bonds is 6. The molecule has 3 heterocycles. The smallest absolute Gasteiger partial charge is 0.237 e. The minimum atomic E-state index is -0.124. The van der Waals surface area contributed by atoms with Gasteiger partial charge in [-0.2, -0.15) is 0 Å². The van der Waals surface area contributed by atoms with Gasteiger partial charge in [-0.25, -0.2) is 0 Å². The van der Waals surface area contributed by atoms with Crippen molar-refractivity contribution in [3.05, 3.63) is 36.1 Å². The SMILES string of the molecule is CC(c1cc2ccccc2o1)N(C)C(=O)CN1CCCN(CC(=O)N2CCCC2)CC1. The van der Waals surface area contributed by atoms with Gasteiger partial charge in [0.15, 0.2) is 0 Å². The molecule has 168 valence electrons. The number of likely N-dealkylation sites (N-methyl/N-ethyl adjacent to an activating group) is 1. The van der Waals surface area contributed by atoms with Gasteiger partial charge in [0.25, 0.3) is 0 Å². The predicted octanol–water partition coefficient (Wildman–Crippen LogP) is 2.58. The molecule has 7 nitrogen and oxygen atoms in total. The molecule has 2 fully saturated rings. The zero-order valence-electron chi connectivity index (χ0n) is 18.8. The van der Waals surface area contributed by atoms with Crippen molar-refractivity contribution in [2.75, 3.05) is 59.4 Å². The van der Waals surface area contributed by atoms with Gasteiger partial charge < -0.3 is 14.2 Å². The van der Waals surface area contributed by atoms with Crippen LogP contribution in [0.3, 0.4) is 0 Å². The number of furan rings is 1. The van der Waals surface area contributed by atoms with E-state index in [-0.39, 0.29) is 17.9 Å². The summed E-state index contributed by atoms with van der Waals surface area (Å²) in [4.78, 5) is 33.6. The van der Waals surface area contributed by atoms with Crippen LogP contribution in [0.5, 0.6) is 0 Å². The van der Waals surface area contributed by atoms with E-state index in [1.165, 1.54) is 0 Å². The van der Waals surface area contributed by atoms with Crippen molar-refractivity contribution >= 4 is 22.8 Å². The number of nitrogens with zero attached hydrogens (tertiary/aromatic N) is 4. The molecule has 31 heavy (non-hydrogen) atoms. The number of para-hydroxylation sites is 1. The molecule has 2 aliphatic rings. The molecule has 0 aliphatic carbocycles. The number of carbonyl (C=O) groups is 2. The Bertz CT molecular complexity index is 872. The van der Waals surface area contributed by atoms with Gasteiger partial charge in [0.2, 0.25) is 11.8 Å². The average Bonchev–Trinajstić information content (AvgIpc) is 3.41. The summed E-state index contributed by atoms with van der Waals surface area (Å²) in [6.07, 6.45) is 3.23. The van der Waals surface area contributed by atoms with E-state index >= 15 is 0 Å². The van der Waals surface area contributed by atoms with Crippen molar-refractivity contribution in [3.63, 3.8) is 0 Å². The number of hydrogen-bond acceptors (Lipinski definition) is 5. The molecule has 1 aromatic carbocycles. The Morgan fingerprint density at radius 1 is 0.968 bits per heavy atom. The van der Waals surface area contributed by atoms with E-state index in [1.807, 2.05) is 49.2 Å². The predicted molar refractivity (Wildman–Crippen MR) is 121 cm³/mol. The standard InChI is InChI=1S/C24H34N4O3/c1-19(22-16-20-8-3-4-9-21(20)31-22)25(2)23(29)17-26-10-7-11-27(15-14-26)18-24(30)28-12-5-6-13-28/h3-4,8-9,16,19H,5-7,10-15,17-18H2,1-2H3. The van der Waals surface area contributed by atoms with E-state index in [1.54, 1.807) is 4.90 Å². The van der Waals surface area contributed by atoms with Crippen LogP contribution in [0.4, 0.5) is 0 Å². The number of benzene rings is 1. The second-order valence-electron chi connectivity index (χ2n) is 8.86. The molecule has 1 atom stereocenters. The van der Waals surface area contributed by atoms with Gasteiger partial charge in [-0.3, -0.25) is 19.4 Å². The lowest BCUT2D eigenvalue weighted by atomic mass is 10.2. The maximum atomic E-state index is 13.0. The van der Waals surface area contributed by atoms with Crippen LogP contribution in [0.1, 0.15) is 38.0 Å². The summed E-state index contributed by atoms with van der Waals surface area (Å²) in [5, 5.41) is 1.06. The molecule has 1 unspecified atom stereocenters. The van der Waals surface area contributed by atoms with Gasteiger partial charge in [0, 0.05) is 38.6 Å². The molecule has 2 amide bonds. The van der Waals surface area contributed by atoms with Crippen LogP contribution in [0, 0.1) is 0 Å². The zero-order valence-corrected chi connectivity index (χ0v) is 18.8. The van der Waals surface area contributed by atoms with Gasteiger partial charge in [-0.05, 0) is 51.4 Å². The van der Waals surface area contributed by atoms with Crippen molar-refractivity contribution in [3.8, 4) is 0 Å².